The van der Waals surface area contributed by atoms with Gasteiger partial charge in [-0.1, -0.05) is 73.7 Å². The monoisotopic (exact) mass is 427 g/mol. The van der Waals surface area contributed by atoms with E-state index in [9.17, 15) is 4.79 Å². The van der Waals surface area contributed by atoms with Crippen molar-refractivity contribution in [3.63, 3.8) is 0 Å². The van der Waals surface area contributed by atoms with Gasteiger partial charge in [0.05, 0.1) is 18.6 Å². The predicted octanol–water partition coefficient (Wildman–Crippen LogP) is 6.69. The quantitative estimate of drug-likeness (QED) is 0.401. The van der Waals surface area contributed by atoms with E-state index in [-0.39, 0.29) is 17.9 Å². The molecule has 2 atom stereocenters. The third kappa shape index (κ3) is 4.88. The molecular weight excluding hydrogens is 394 g/mol. The van der Waals surface area contributed by atoms with E-state index >= 15 is 0 Å². The van der Waals surface area contributed by atoms with Crippen LogP contribution in [0.1, 0.15) is 67.3 Å². The van der Waals surface area contributed by atoms with Crippen molar-refractivity contribution < 1.29 is 9.53 Å². The Bertz CT molecular complexity index is 1010. The first-order chi connectivity index (χ1) is 15.7. The van der Waals surface area contributed by atoms with Crippen molar-refractivity contribution >= 4 is 5.91 Å². The van der Waals surface area contributed by atoms with Crippen LogP contribution < -0.4 is 4.74 Å². The molecule has 0 saturated carbocycles. The molecule has 4 rings (SSSR count). The van der Waals surface area contributed by atoms with Crippen LogP contribution in [0, 0.1) is 0 Å². The van der Waals surface area contributed by atoms with Gasteiger partial charge in [0.1, 0.15) is 5.75 Å². The number of rotatable bonds is 8. The minimum absolute atomic E-state index is 0.108. The van der Waals surface area contributed by atoms with Gasteiger partial charge >= 0.3 is 0 Å². The van der Waals surface area contributed by atoms with E-state index in [1.807, 2.05) is 37.3 Å². The average Bonchev–Trinajstić information content (AvgIpc) is 2.84. The van der Waals surface area contributed by atoms with E-state index in [1.165, 1.54) is 11.1 Å². The van der Waals surface area contributed by atoms with Crippen LogP contribution in [0.3, 0.4) is 0 Å². The number of carbonyl (C=O) groups is 1. The molecule has 32 heavy (non-hydrogen) atoms. The summed E-state index contributed by atoms with van der Waals surface area (Å²) in [7, 11) is 0. The van der Waals surface area contributed by atoms with Crippen molar-refractivity contribution in [3.8, 4) is 5.75 Å². The van der Waals surface area contributed by atoms with Gasteiger partial charge in [-0.15, -0.1) is 0 Å². The second-order valence-electron chi connectivity index (χ2n) is 8.52. The van der Waals surface area contributed by atoms with Gasteiger partial charge in [-0.05, 0) is 67.0 Å². The number of amides is 1. The molecule has 1 amide bonds. The lowest BCUT2D eigenvalue weighted by Gasteiger charge is -2.38. The first-order valence-electron chi connectivity index (χ1n) is 11.9. The molecule has 2 unspecified atom stereocenters. The predicted molar refractivity (Wildman–Crippen MR) is 130 cm³/mol. The number of nitrogens with zero attached hydrogens (tertiary/aromatic N) is 1. The summed E-state index contributed by atoms with van der Waals surface area (Å²) in [6.07, 6.45) is 3.99. The number of carbonyl (C=O) groups excluding carboxylic acids is 1. The number of aryl methyl sites for hydroxylation is 1. The van der Waals surface area contributed by atoms with Crippen LogP contribution in [0.25, 0.3) is 0 Å². The molecule has 3 heteroatoms. The second kappa shape index (κ2) is 10.5. The average molecular weight is 428 g/mol. The number of ether oxygens (including phenoxy) is 1. The fraction of sp³-hybridized carbons (Fsp3) is 0.345. The van der Waals surface area contributed by atoms with Crippen molar-refractivity contribution in [3.05, 3.63) is 101 Å². The molecule has 0 aliphatic heterocycles. The molecule has 3 nitrogen and oxygen atoms in total. The molecular formula is C29H33NO2. The van der Waals surface area contributed by atoms with Crippen molar-refractivity contribution in [1.29, 1.82) is 0 Å². The number of fused-ring (bicyclic) bond motifs is 1. The largest absolute Gasteiger partial charge is 0.494 e. The molecule has 166 valence electrons. The van der Waals surface area contributed by atoms with Gasteiger partial charge < -0.3 is 9.64 Å². The van der Waals surface area contributed by atoms with Crippen molar-refractivity contribution in [2.45, 2.75) is 58.0 Å². The molecule has 1 aliphatic carbocycles. The smallest absolute Gasteiger partial charge is 0.230 e. The molecule has 0 saturated heterocycles. The van der Waals surface area contributed by atoms with E-state index in [0.717, 1.165) is 42.6 Å². The maximum absolute atomic E-state index is 14.1. The number of benzene rings is 3. The summed E-state index contributed by atoms with van der Waals surface area (Å²) >= 11 is 0. The summed E-state index contributed by atoms with van der Waals surface area (Å²) in [5.74, 6) is 0.954. The summed E-state index contributed by atoms with van der Waals surface area (Å²) in [4.78, 5) is 16.2. The van der Waals surface area contributed by atoms with Gasteiger partial charge in [0.15, 0.2) is 0 Å². The summed E-state index contributed by atoms with van der Waals surface area (Å²) in [5, 5.41) is 0. The fourth-order valence-electron chi connectivity index (χ4n) is 4.89. The summed E-state index contributed by atoms with van der Waals surface area (Å²) in [5.41, 5.74) is 4.91. The molecule has 0 bridgehead atoms. The van der Waals surface area contributed by atoms with Gasteiger partial charge in [-0.3, -0.25) is 4.79 Å². The molecule has 3 aromatic rings. The minimum Gasteiger partial charge on any atom is -0.494 e. The number of hydrogen-bond acceptors (Lipinski definition) is 2. The van der Waals surface area contributed by atoms with E-state index < -0.39 is 0 Å². The summed E-state index contributed by atoms with van der Waals surface area (Å²) in [6.45, 7) is 5.36. The Morgan fingerprint density at radius 1 is 0.969 bits per heavy atom. The standard InChI is InChI=1S/C29H33NO2/c1-3-26(23-11-6-5-7-12-23)29(31)30(21-22-17-19-25(20-18-22)32-4-2)28-16-10-14-24-13-8-9-15-27(24)28/h5-9,11-13,15,17-20,26,28H,3-4,10,14,16,21H2,1-2H3. The first-order valence-corrected chi connectivity index (χ1v) is 11.9. The molecule has 0 radical (unpaired) electrons. The maximum atomic E-state index is 14.1. The zero-order chi connectivity index (χ0) is 22.3. The van der Waals surface area contributed by atoms with E-state index in [0.29, 0.717) is 13.2 Å². The van der Waals surface area contributed by atoms with Crippen LogP contribution in [-0.2, 0) is 17.8 Å². The summed E-state index contributed by atoms with van der Waals surface area (Å²) < 4.78 is 5.61. The number of hydrogen-bond donors (Lipinski definition) is 0. The molecule has 0 fully saturated rings. The Labute approximate surface area is 192 Å². The highest BCUT2D eigenvalue weighted by Gasteiger charge is 2.33. The van der Waals surface area contributed by atoms with Gasteiger partial charge in [-0.25, -0.2) is 0 Å². The van der Waals surface area contributed by atoms with Gasteiger partial charge in [-0.2, -0.15) is 0 Å². The highest BCUT2D eigenvalue weighted by atomic mass is 16.5. The van der Waals surface area contributed by atoms with Crippen molar-refractivity contribution in [2.24, 2.45) is 0 Å². The molecule has 0 aromatic heterocycles. The van der Waals surface area contributed by atoms with Crippen LogP contribution in [0.15, 0.2) is 78.9 Å². The highest BCUT2D eigenvalue weighted by Crippen LogP contribution is 2.37. The molecule has 0 heterocycles. The van der Waals surface area contributed by atoms with Crippen molar-refractivity contribution in [2.75, 3.05) is 6.61 Å². The lowest BCUT2D eigenvalue weighted by atomic mass is 9.85. The third-order valence-corrected chi connectivity index (χ3v) is 6.49. The Hall–Kier alpha value is -3.07. The van der Waals surface area contributed by atoms with Crippen LogP contribution in [0.4, 0.5) is 0 Å². The molecule has 3 aromatic carbocycles. The Balaban J connectivity index is 1.69. The molecule has 1 aliphatic rings. The third-order valence-electron chi connectivity index (χ3n) is 6.49. The summed E-state index contributed by atoms with van der Waals surface area (Å²) in [6, 6.07) is 27.2. The van der Waals surface area contributed by atoms with Gasteiger partial charge in [0.25, 0.3) is 0 Å². The van der Waals surface area contributed by atoms with Crippen LogP contribution in [-0.4, -0.2) is 17.4 Å². The molecule has 0 spiro atoms. The Morgan fingerprint density at radius 3 is 2.41 bits per heavy atom. The zero-order valence-corrected chi connectivity index (χ0v) is 19.2. The lowest BCUT2D eigenvalue weighted by molar-refractivity contribution is -0.136. The van der Waals surface area contributed by atoms with E-state index in [4.69, 9.17) is 4.74 Å². The van der Waals surface area contributed by atoms with Crippen molar-refractivity contribution in [1.82, 2.24) is 4.90 Å². The normalized spacial score (nSPS) is 16.1. The Morgan fingerprint density at radius 2 is 1.69 bits per heavy atom. The highest BCUT2D eigenvalue weighted by molar-refractivity contribution is 5.84. The second-order valence-corrected chi connectivity index (χ2v) is 8.52. The first kappa shape index (κ1) is 22.1. The maximum Gasteiger partial charge on any atom is 0.230 e. The van der Waals surface area contributed by atoms with Gasteiger partial charge in [0.2, 0.25) is 5.91 Å². The minimum atomic E-state index is -0.131. The Kier molecular flexibility index (Phi) is 7.26. The van der Waals surface area contributed by atoms with E-state index in [2.05, 4.69) is 60.4 Å². The molecule has 0 N–H and O–H groups in total. The van der Waals surface area contributed by atoms with Crippen LogP contribution in [0.5, 0.6) is 5.75 Å². The topological polar surface area (TPSA) is 29.5 Å². The lowest BCUT2D eigenvalue weighted by Crippen LogP contribution is -2.39. The SMILES string of the molecule is CCOc1ccc(CN(C(=O)C(CC)c2ccccc2)C2CCCc3ccccc32)cc1. The fourth-order valence-corrected chi connectivity index (χ4v) is 4.89. The van der Waals surface area contributed by atoms with Crippen LogP contribution >= 0.6 is 0 Å². The van der Waals surface area contributed by atoms with Gasteiger partial charge in [0, 0.05) is 6.54 Å². The van der Waals surface area contributed by atoms with E-state index in [1.54, 1.807) is 0 Å². The van der Waals surface area contributed by atoms with Crippen LogP contribution in [0.2, 0.25) is 0 Å². The zero-order valence-electron chi connectivity index (χ0n) is 19.2.